The largest absolute Gasteiger partial charge is 0.418 e. The Labute approximate surface area is 151 Å². The molecule has 2 bridgehead atoms. The van der Waals surface area contributed by atoms with Crippen molar-refractivity contribution >= 4 is 11.7 Å². The first kappa shape index (κ1) is 18.8. The third-order valence-electron chi connectivity index (χ3n) is 5.28. The second-order valence-corrected chi connectivity index (χ2v) is 7.03. The second kappa shape index (κ2) is 7.70. The van der Waals surface area contributed by atoms with Crippen molar-refractivity contribution in [3.63, 3.8) is 0 Å². The number of rotatable bonds is 4. The normalized spacial score (nSPS) is 26.2. The van der Waals surface area contributed by atoms with E-state index < -0.39 is 17.8 Å². The molecule has 0 spiro atoms. The Kier molecular flexibility index (Phi) is 5.55. The quantitative estimate of drug-likeness (QED) is 0.775. The molecular weight excluding hydrogens is 343 g/mol. The van der Waals surface area contributed by atoms with Gasteiger partial charge in [0.15, 0.2) is 0 Å². The number of urea groups is 1. The molecule has 3 rings (SSSR count). The summed E-state index contributed by atoms with van der Waals surface area (Å²) in [4.78, 5) is 14.7. The van der Waals surface area contributed by atoms with Crippen molar-refractivity contribution in [2.45, 2.75) is 56.4 Å². The zero-order chi connectivity index (χ0) is 18.7. The van der Waals surface area contributed by atoms with Gasteiger partial charge >= 0.3 is 12.2 Å². The molecule has 142 valence electrons. The van der Waals surface area contributed by atoms with E-state index in [1.54, 1.807) is 0 Å². The van der Waals surface area contributed by atoms with Crippen LogP contribution in [0.4, 0.5) is 23.7 Å². The topological polar surface area (TPSA) is 44.4 Å². The van der Waals surface area contributed by atoms with Crippen LogP contribution in [0.3, 0.4) is 0 Å². The summed E-state index contributed by atoms with van der Waals surface area (Å²) in [6.07, 6.45) is 2.39. The molecule has 2 heterocycles. The minimum atomic E-state index is -4.50. The number of benzene rings is 1. The maximum atomic E-state index is 13.0. The number of hydrogen-bond acceptors (Lipinski definition) is 2. The number of hydrogen-bond donors (Lipinski definition) is 2. The smallest absolute Gasteiger partial charge is 0.335 e. The summed E-state index contributed by atoms with van der Waals surface area (Å²) in [7, 11) is 0. The molecule has 4 nitrogen and oxygen atoms in total. The van der Waals surface area contributed by atoms with Gasteiger partial charge < -0.3 is 10.6 Å². The third kappa shape index (κ3) is 4.20. The van der Waals surface area contributed by atoms with Gasteiger partial charge in [0.1, 0.15) is 0 Å². The van der Waals surface area contributed by atoms with Gasteiger partial charge in [0.2, 0.25) is 0 Å². The number of anilines is 1. The van der Waals surface area contributed by atoms with Gasteiger partial charge in [-0.1, -0.05) is 24.6 Å². The molecule has 2 aliphatic heterocycles. The minimum Gasteiger partial charge on any atom is -0.335 e. The van der Waals surface area contributed by atoms with Crippen LogP contribution in [0.15, 0.2) is 36.9 Å². The Bertz CT molecular complexity index is 648. The summed E-state index contributed by atoms with van der Waals surface area (Å²) in [5.41, 5.74) is -1.06. The first-order valence-electron chi connectivity index (χ1n) is 8.99. The van der Waals surface area contributed by atoms with E-state index in [1.165, 1.54) is 24.6 Å². The molecule has 0 radical (unpaired) electrons. The second-order valence-electron chi connectivity index (χ2n) is 7.03. The number of nitrogens with one attached hydrogen (secondary N) is 2. The fraction of sp³-hybridized carbons (Fsp3) is 0.526. The van der Waals surface area contributed by atoms with Crippen molar-refractivity contribution in [1.29, 1.82) is 0 Å². The monoisotopic (exact) mass is 367 g/mol. The van der Waals surface area contributed by atoms with E-state index in [-0.39, 0.29) is 11.7 Å². The van der Waals surface area contributed by atoms with Crippen LogP contribution in [0.1, 0.15) is 37.7 Å². The van der Waals surface area contributed by atoms with Crippen molar-refractivity contribution in [3.8, 4) is 0 Å². The molecule has 2 aliphatic rings. The minimum absolute atomic E-state index is 0.0237. The van der Waals surface area contributed by atoms with E-state index in [2.05, 4.69) is 22.1 Å². The highest BCUT2D eigenvalue weighted by Crippen LogP contribution is 2.35. The van der Waals surface area contributed by atoms with Crippen molar-refractivity contribution in [2.24, 2.45) is 0 Å². The highest BCUT2D eigenvalue weighted by Gasteiger charge is 2.38. The molecule has 2 saturated heterocycles. The van der Waals surface area contributed by atoms with Crippen molar-refractivity contribution < 1.29 is 18.0 Å². The fourth-order valence-electron chi connectivity index (χ4n) is 4.23. The van der Waals surface area contributed by atoms with E-state index >= 15 is 0 Å². The number of para-hydroxylation sites is 1. The molecule has 2 amide bonds. The Morgan fingerprint density at radius 2 is 1.88 bits per heavy atom. The van der Waals surface area contributed by atoms with Crippen LogP contribution < -0.4 is 10.6 Å². The van der Waals surface area contributed by atoms with E-state index in [1.807, 2.05) is 6.08 Å². The molecule has 0 aliphatic carbocycles. The predicted molar refractivity (Wildman–Crippen MR) is 95.0 cm³/mol. The number of alkyl halides is 3. The molecule has 2 N–H and O–H groups in total. The van der Waals surface area contributed by atoms with Crippen molar-refractivity contribution in [3.05, 3.63) is 42.5 Å². The van der Waals surface area contributed by atoms with Crippen LogP contribution in [0, 0.1) is 0 Å². The number of halogens is 3. The number of carbonyl (C=O) groups is 1. The van der Waals surface area contributed by atoms with Gasteiger partial charge in [0.25, 0.3) is 0 Å². The van der Waals surface area contributed by atoms with Gasteiger partial charge in [-0.25, -0.2) is 4.79 Å². The van der Waals surface area contributed by atoms with E-state index in [9.17, 15) is 18.0 Å². The summed E-state index contributed by atoms with van der Waals surface area (Å²) in [6.45, 7) is 4.65. The zero-order valence-electron chi connectivity index (χ0n) is 14.6. The summed E-state index contributed by atoms with van der Waals surface area (Å²) in [5.74, 6) is 0. The lowest BCUT2D eigenvalue weighted by Crippen LogP contribution is -2.57. The summed E-state index contributed by atoms with van der Waals surface area (Å²) in [5, 5.41) is 5.23. The molecule has 0 saturated carbocycles. The van der Waals surface area contributed by atoms with Gasteiger partial charge in [-0.05, 0) is 37.8 Å². The maximum absolute atomic E-state index is 13.0. The van der Waals surface area contributed by atoms with Crippen LogP contribution in [0.2, 0.25) is 0 Å². The standard InChI is InChI=1S/C19H24F3N3O/c1-2-10-25-14-6-5-7-15(25)12-13(11-14)23-18(26)24-17-9-4-3-8-16(17)19(20,21)22/h2-4,8-9,13-15H,1,5-7,10-12H2,(H2,23,24,26)/t14-,15-/m0/s1. The lowest BCUT2D eigenvalue weighted by molar-refractivity contribution is -0.136. The van der Waals surface area contributed by atoms with Crippen LogP contribution in [0.5, 0.6) is 0 Å². The van der Waals surface area contributed by atoms with Crippen molar-refractivity contribution in [2.75, 3.05) is 11.9 Å². The van der Waals surface area contributed by atoms with E-state index in [0.717, 1.165) is 38.3 Å². The van der Waals surface area contributed by atoms with Gasteiger partial charge in [0.05, 0.1) is 11.3 Å². The molecule has 2 fully saturated rings. The van der Waals surface area contributed by atoms with Crippen molar-refractivity contribution in [1.82, 2.24) is 10.2 Å². The van der Waals surface area contributed by atoms with Crippen LogP contribution >= 0.6 is 0 Å². The molecular formula is C19H24F3N3O. The molecule has 0 aromatic heterocycles. The number of fused-ring (bicyclic) bond motifs is 2. The van der Waals surface area contributed by atoms with E-state index in [4.69, 9.17) is 0 Å². The molecule has 26 heavy (non-hydrogen) atoms. The lowest BCUT2D eigenvalue weighted by atomic mass is 9.82. The van der Waals surface area contributed by atoms with Crippen LogP contribution in [0.25, 0.3) is 0 Å². The summed E-state index contributed by atoms with van der Waals surface area (Å²) < 4.78 is 39.1. The molecule has 1 aromatic rings. The number of piperidine rings is 2. The Morgan fingerprint density at radius 1 is 1.23 bits per heavy atom. The van der Waals surface area contributed by atoms with E-state index in [0.29, 0.717) is 12.1 Å². The number of amides is 2. The average Bonchev–Trinajstić information content (AvgIpc) is 2.55. The van der Waals surface area contributed by atoms with Gasteiger partial charge in [-0.3, -0.25) is 4.90 Å². The Balaban J connectivity index is 1.62. The van der Waals surface area contributed by atoms with Crippen LogP contribution in [-0.2, 0) is 6.18 Å². The van der Waals surface area contributed by atoms with Gasteiger partial charge in [-0.2, -0.15) is 13.2 Å². The Hall–Kier alpha value is -2.02. The number of nitrogens with zero attached hydrogens (tertiary/aromatic N) is 1. The average molecular weight is 367 g/mol. The zero-order valence-corrected chi connectivity index (χ0v) is 14.6. The SMILES string of the molecule is C=CCN1[C@H]2CCC[C@H]1CC(NC(=O)Nc1ccccc1C(F)(F)F)C2. The number of carbonyl (C=O) groups excluding carboxylic acids is 1. The Morgan fingerprint density at radius 3 is 2.50 bits per heavy atom. The molecule has 0 unspecified atom stereocenters. The first-order chi connectivity index (χ1) is 12.4. The molecule has 2 atom stereocenters. The van der Waals surface area contributed by atoms with Crippen LogP contribution in [-0.4, -0.2) is 35.6 Å². The summed E-state index contributed by atoms with van der Waals surface area (Å²) >= 11 is 0. The van der Waals surface area contributed by atoms with Gasteiger partial charge in [0, 0.05) is 24.7 Å². The molecule has 1 aromatic carbocycles. The molecule has 7 heteroatoms. The highest BCUT2D eigenvalue weighted by atomic mass is 19.4. The summed E-state index contributed by atoms with van der Waals surface area (Å²) in [6, 6.07) is 5.20. The highest BCUT2D eigenvalue weighted by molar-refractivity contribution is 5.90. The third-order valence-corrected chi connectivity index (χ3v) is 5.28. The lowest BCUT2D eigenvalue weighted by Gasteiger charge is -2.48. The maximum Gasteiger partial charge on any atom is 0.418 e. The predicted octanol–water partition coefficient (Wildman–Crippen LogP) is 4.40. The van der Waals surface area contributed by atoms with Gasteiger partial charge in [-0.15, -0.1) is 6.58 Å². The fourth-order valence-corrected chi connectivity index (χ4v) is 4.23. The first-order valence-corrected chi connectivity index (χ1v) is 8.99.